The first-order chi connectivity index (χ1) is 11.6. The summed E-state index contributed by atoms with van der Waals surface area (Å²) in [5, 5.41) is 0. The Labute approximate surface area is 146 Å². The maximum atomic E-state index is 13.0. The highest BCUT2D eigenvalue weighted by molar-refractivity contribution is 5.82. The molecule has 4 aliphatic rings. The van der Waals surface area contributed by atoms with Gasteiger partial charge in [0.2, 0.25) is 5.91 Å². The van der Waals surface area contributed by atoms with Gasteiger partial charge in [0.1, 0.15) is 0 Å². The van der Waals surface area contributed by atoms with Crippen LogP contribution in [0.25, 0.3) is 0 Å². The maximum Gasteiger partial charge on any atom is 0.228 e. The summed E-state index contributed by atoms with van der Waals surface area (Å²) in [4.78, 5) is 17.7. The molecule has 3 heterocycles. The fraction of sp³-hybridized carbons (Fsp3) is 0.850. The van der Waals surface area contributed by atoms with Gasteiger partial charge in [0.15, 0.2) is 0 Å². The molecule has 0 aromatic rings. The van der Waals surface area contributed by atoms with Crippen molar-refractivity contribution in [3.8, 4) is 0 Å². The van der Waals surface area contributed by atoms with E-state index in [1.165, 1.54) is 32.4 Å². The summed E-state index contributed by atoms with van der Waals surface area (Å²) in [7, 11) is 0. The fourth-order valence-corrected chi connectivity index (χ4v) is 5.17. The summed E-state index contributed by atoms with van der Waals surface area (Å²) in [5.74, 6) is 0.371. The molecule has 134 valence electrons. The van der Waals surface area contributed by atoms with Crippen molar-refractivity contribution in [3.63, 3.8) is 0 Å². The van der Waals surface area contributed by atoms with Gasteiger partial charge in [-0.1, -0.05) is 19.1 Å². The van der Waals surface area contributed by atoms with Crippen LogP contribution in [0.1, 0.15) is 58.3 Å². The molecular weight excluding hydrogens is 300 g/mol. The van der Waals surface area contributed by atoms with E-state index in [0.717, 1.165) is 51.8 Å². The molecule has 1 spiro atoms. The first-order valence-corrected chi connectivity index (χ1v) is 9.93. The number of piperidine rings is 1. The molecule has 2 unspecified atom stereocenters. The lowest BCUT2D eigenvalue weighted by atomic mass is 9.77. The summed E-state index contributed by atoms with van der Waals surface area (Å²) in [6.45, 7) is 7.31. The first-order valence-electron chi connectivity index (χ1n) is 9.93. The average molecular weight is 332 g/mol. The quantitative estimate of drug-likeness (QED) is 0.729. The molecule has 4 rings (SSSR count). The molecule has 0 saturated carbocycles. The van der Waals surface area contributed by atoms with E-state index < -0.39 is 0 Å². The predicted octanol–water partition coefficient (Wildman–Crippen LogP) is 2.98. The van der Waals surface area contributed by atoms with Crippen molar-refractivity contribution in [2.24, 2.45) is 5.41 Å². The van der Waals surface area contributed by atoms with Gasteiger partial charge in [0, 0.05) is 19.1 Å². The molecule has 24 heavy (non-hydrogen) atoms. The van der Waals surface area contributed by atoms with Gasteiger partial charge in [0.25, 0.3) is 0 Å². The van der Waals surface area contributed by atoms with E-state index in [0.29, 0.717) is 11.9 Å². The number of nitrogens with zero attached hydrogens (tertiary/aromatic N) is 2. The third-order valence-electron chi connectivity index (χ3n) is 6.92. The second-order valence-corrected chi connectivity index (χ2v) is 8.66. The fourth-order valence-electron chi connectivity index (χ4n) is 5.17. The Morgan fingerprint density at radius 1 is 1.08 bits per heavy atom. The van der Waals surface area contributed by atoms with Crippen molar-refractivity contribution in [1.29, 1.82) is 0 Å². The monoisotopic (exact) mass is 332 g/mol. The van der Waals surface area contributed by atoms with Gasteiger partial charge < -0.3 is 9.64 Å². The molecule has 4 heteroatoms. The van der Waals surface area contributed by atoms with Gasteiger partial charge in [-0.05, 0) is 64.5 Å². The summed E-state index contributed by atoms with van der Waals surface area (Å²) < 4.78 is 6.31. The smallest absolute Gasteiger partial charge is 0.228 e. The number of carbonyl (C=O) groups is 1. The molecule has 0 aromatic carbocycles. The van der Waals surface area contributed by atoms with Crippen LogP contribution in [-0.4, -0.2) is 60.1 Å². The first kappa shape index (κ1) is 16.6. The summed E-state index contributed by atoms with van der Waals surface area (Å²) in [5.41, 5.74) is -0.120. The number of likely N-dealkylation sites (tertiary alicyclic amines) is 2. The van der Waals surface area contributed by atoms with Crippen LogP contribution in [0, 0.1) is 5.41 Å². The molecule has 0 N–H and O–H groups in total. The summed E-state index contributed by atoms with van der Waals surface area (Å²) in [6, 6.07) is 0.621. The number of amides is 1. The lowest BCUT2D eigenvalue weighted by Gasteiger charge is -2.42. The van der Waals surface area contributed by atoms with Crippen molar-refractivity contribution >= 4 is 5.91 Å². The van der Waals surface area contributed by atoms with Crippen LogP contribution in [-0.2, 0) is 9.53 Å². The average Bonchev–Trinajstić information content (AvgIpc) is 3.26. The van der Waals surface area contributed by atoms with Crippen molar-refractivity contribution in [1.82, 2.24) is 9.80 Å². The number of hydrogen-bond donors (Lipinski definition) is 0. The highest BCUT2D eigenvalue weighted by Gasteiger charge is 2.46. The third-order valence-corrected chi connectivity index (χ3v) is 6.92. The van der Waals surface area contributed by atoms with E-state index in [9.17, 15) is 4.79 Å². The Kier molecular flexibility index (Phi) is 4.46. The van der Waals surface area contributed by atoms with Crippen LogP contribution in [0.15, 0.2) is 12.2 Å². The van der Waals surface area contributed by atoms with Crippen LogP contribution in [0.3, 0.4) is 0 Å². The van der Waals surface area contributed by atoms with E-state index in [2.05, 4.69) is 28.9 Å². The molecule has 0 aromatic heterocycles. The number of ether oxygens (including phenoxy) is 1. The molecule has 2 atom stereocenters. The second kappa shape index (κ2) is 6.45. The van der Waals surface area contributed by atoms with E-state index >= 15 is 0 Å². The second-order valence-electron chi connectivity index (χ2n) is 8.66. The third kappa shape index (κ3) is 3.03. The molecule has 3 fully saturated rings. The van der Waals surface area contributed by atoms with Gasteiger partial charge in [-0.3, -0.25) is 9.69 Å². The van der Waals surface area contributed by atoms with Crippen LogP contribution in [0.2, 0.25) is 0 Å². The highest BCUT2D eigenvalue weighted by atomic mass is 16.5. The zero-order chi connectivity index (χ0) is 16.6. The highest BCUT2D eigenvalue weighted by Crippen LogP contribution is 2.40. The summed E-state index contributed by atoms with van der Waals surface area (Å²) in [6.07, 6.45) is 13.3. The minimum absolute atomic E-state index is 0.0530. The normalized spacial score (nSPS) is 36.5. The van der Waals surface area contributed by atoms with E-state index in [-0.39, 0.29) is 11.0 Å². The topological polar surface area (TPSA) is 32.8 Å². The van der Waals surface area contributed by atoms with Gasteiger partial charge in [0.05, 0.1) is 17.6 Å². The minimum Gasteiger partial charge on any atom is -0.373 e. The Bertz CT molecular complexity index is 504. The molecule has 0 bridgehead atoms. The molecule has 1 amide bonds. The summed E-state index contributed by atoms with van der Waals surface area (Å²) >= 11 is 0. The van der Waals surface area contributed by atoms with Crippen LogP contribution in [0.4, 0.5) is 0 Å². The zero-order valence-corrected chi connectivity index (χ0v) is 15.1. The van der Waals surface area contributed by atoms with E-state index in [4.69, 9.17) is 4.74 Å². The molecule has 1 aliphatic carbocycles. The van der Waals surface area contributed by atoms with Gasteiger partial charge in [-0.25, -0.2) is 0 Å². The van der Waals surface area contributed by atoms with Gasteiger partial charge in [-0.2, -0.15) is 0 Å². The van der Waals surface area contributed by atoms with E-state index in [1.807, 2.05) is 0 Å². The van der Waals surface area contributed by atoms with Crippen LogP contribution in [0.5, 0.6) is 0 Å². The molecule has 0 radical (unpaired) electrons. The minimum atomic E-state index is -0.173. The van der Waals surface area contributed by atoms with Crippen molar-refractivity contribution in [3.05, 3.63) is 12.2 Å². The Morgan fingerprint density at radius 3 is 2.50 bits per heavy atom. The lowest BCUT2D eigenvalue weighted by Crippen LogP contribution is -2.51. The Hall–Kier alpha value is -0.870. The van der Waals surface area contributed by atoms with Gasteiger partial charge >= 0.3 is 0 Å². The van der Waals surface area contributed by atoms with Gasteiger partial charge in [-0.15, -0.1) is 0 Å². The molecular formula is C20H32N2O2. The van der Waals surface area contributed by atoms with E-state index in [1.54, 1.807) is 0 Å². The zero-order valence-electron chi connectivity index (χ0n) is 15.1. The van der Waals surface area contributed by atoms with Crippen molar-refractivity contribution < 1.29 is 9.53 Å². The van der Waals surface area contributed by atoms with Crippen molar-refractivity contribution in [2.75, 3.05) is 32.8 Å². The Balaban J connectivity index is 1.33. The number of allylic oxidation sites excluding steroid dienone is 2. The SMILES string of the molecule is CC1(C(=O)N2CCC3(CC2)CC(N2CCCC2)CO3)CC=CCC1. The number of rotatable bonds is 2. The molecule has 3 aliphatic heterocycles. The van der Waals surface area contributed by atoms with Crippen LogP contribution >= 0.6 is 0 Å². The lowest BCUT2D eigenvalue weighted by molar-refractivity contribution is -0.146. The molecule has 4 nitrogen and oxygen atoms in total. The maximum absolute atomic E-state index is 13.0. The Morgan fingerprint density at radius 2 is 1.83 bits per heavy atom. The van der Waals surface area contributed by atoms with Crippen LogP contribution < -0.4 is 0 Å². The predicted molar refractivity (Wildman–Crippen MR) is 94.8 cm³/mol. The molecule has 3 saturated heterocycles. The number of carbonyl (C=O) groups excluding carboxylic acids is 1. The number of hydrogen-bond acceptors (Lipinski definition) is 3. The standard InChI is InChI=1S/C20H32N2O2/c1-19(7-3-2-4-8-19)18(23)22-13-9-20(10-14-22)15-17(16-24-20)21-11-5-6-12-21/h2-3,17H,4-16H2,1H3. The van der Waals surface area contributed by atoms with Crippen molar-refractivity contribution in [2.45, 2.75) is 69.9 Å². The largest absolute Gasteiger partial charge is 0.373 e.